The molecule has 0 saturated heterocycles. The molecule has 1 unspecified atom stereocenters. The molecule has 96 valence electrons. The topological polar surface area (TPSA) is 95.1 Å². The Labute approximate surface area is 100 Å². The highest BCUT2D eigenvalue weighted by molar-refractivity contribution is 5.92. The molecule has 0 radical (unpaired) electrons. The summed E-state index contributed by atoms with van der Waals surface area (Å²) in [7, 11) is 1.63. The van der Waals surface area contributed by atoms with E-state index in [2.05, 4.69) is 15.6 Å². The first-order valence-corrected chi connectivity index (χ1v) is 5.57. The van der Waals surface area contributed by atoms with Crippen LogP contribution < -0.4 is 11.1 Å². The van der Waals surface area contributed by atoms with Crippen LogP contribution in [0.1, 0.15) is 23.8 Å². The molecule has 17 heavy (non-hydrogen) atoms. The van der Waals surface area contributed by atoms with Gasteiger partial charge in [-0.15, -0.1) is 5.10 Å². The van der Waals surface area contributed by atoms with E-state index in [0.29, 0.717) is 25.4 Å². The molecule has 7 nitrogen and oxygen atoms in total. The standard InChI is InChI=1S/C10H19N5O2/c1-8(3-6-17-2)12-10(16)9-7-15(5-4-11)14-13-9/h7-8H,3-6,11H2,1-2H3,(H,12,16). The maximum Gasteiger partial charge on any atom is 0.273 e. The zero-order valence-corrected chi connectivity index (χ0v) is 10.2. The van der Waals surface area contributed by atoms with Crippen molar-refractivity contribution in [1.82, 2.24) is 20.3 Å². The molecule has 7 heteroatoms. The van der Waals surface area contributed by atoms with Crippen LogP contribution in [-0.2, 0) is 11.3 Å². The van der Waals surface area contributed by atoms with Crippen molar-refractivity contribution in [3.8, 4) is 0 Å². The van der Waals surface area contributed by atoms with Crippen molar-refractivity contribution in [2.75, 3.05) is 20.3 Å². The first-order chi connectivity index (χ1) is 8.17. The number of nitrogens with one attached hydrogen (secondary N) is 1. The number of methoxy groups -OCH3 is 1. The second-order valence-electron chi connectivity index (χ2n) is 3.81. The van der Waals surface area contributed by atoms with E-state index in [0.717, 1.165) is 6.42 Å². The highest BCUT2D eigenvalue weighted by Gasteiger charge is 2.13. The fraction of sp³-hybridized carbons (Fsp3) is 0.700. The minimum absolute atomic E-state index is 0.0436. The molecule has 0 aliphatic heterocycles. The fourth-order valence-corrected chi connectivity index (χ4v) is 1.31. The highest BCUT2D eigenvalue weighted by atomic mass is 16.5. The predicted molar refractivity (Wildman–Crippen MR) is 62.5 cm³/mol. The van der Waals surface area contributed by atoms with Crippen molar-refractivity contribution in [3.63, 3.8) is 0 Å². The smallest absolute Gasteiger partial charge is 0.273 e. The van der Waals surface area contributed by atoms with Crippen LogP contribution in [0.25, 0.3) is 0 Å². The molecular formula is C10H19N5O2. The molecule has 0 aliphatic rings. The molecule has 0 fully saturated rings. The van der Waals surface area contributed by atoms with Crippen LogP contribution >= 0.6 is 0 Å². The third-order valence-electron chi connectivity index (χ3n) is 2.26. The molecule has 1 aromatic heterocycles. The molecule has 1 aromatic rings. The number of ether oxygens (including phenoxy) is 1. The van der Waals surface area contributed by atoms with Gasteiger partial charge >= 0.3 is 0 Å². The van der Waals surface area contributed by atoms with Crippen molar-refractivity contribution in [2.24, 2.45) is 5.73 Å². The SMILES string of the molecule is COCCC(C)NC(=O)c1cn(CCN)nn1. The van der Waals surface area contributed by atoms with Gasteiger partial charge in [0.05, 0.1) is 12.7 Å². The van der Waals surface area contributed by atoms with Crippen LogP contribution in [-0.4, -0.2) is 47.2 Å². The van der Waals surface area contributed by atoms with E-state index >= 15 is 0 Å². The fourth-order valence-electron chi connectivity index (χ4n) is 1.31. The molecule has 0 spiro atoms. The van der Waals surface area contributed by atoms with Gasteiger partial charge in [0.25, 0.3) is 5.91 Å². The second-order valence-corrected chi connectivity index (χ2v) is 3.81. The largest absolute Gasteiger partial charge is 0.385 e. The second kappa shape index (κ2) is 6.97. The van der Waals surface area contributed by atoms with Gasteiger partial charge in [-0.1, -0.05) is 5.21 Å². The summed E-state index contributed by atoms with van der Waals surface area (Å²) in [6.07, 6.45) is 2.35. The lowest BCUT2D eigenvalue weighted by molar-refractivity contribution is 0.0924. The number of nitrogens with two attached hydrogens (primary N) is 1. The van der Waals surface area contributed by atoms with Crippen molar-refractivity contribution in [1.29, 1.82) is 0 Å². The first kappa shape index (κ1) is 13.6. The number of hydrogen-bond acceptors (Lipinski definition) is 5. The Morgan fingerprint density at radius 1 is 1.71 bits per heavy atom. The van der Waals surface area contributed by atoms with Gasteiger partial charge < -0.3 is 15.8 Å². The quantitative estimate of drug-likeness (QED) is 0.664. The zero-order valence-electron chi connectivity index (χ0n) is 10.2. The maximum atomic E-state index is 11.7. The molecule has 1 amide bonds. The normalized spacial score (nSPS) is 12.4. The summed E-state index contributed by atoms with van der Waals surface area (Å²) < 4.78 is 6.49. The number of carbonyl (C=O) groups is 1. The zero-order chi connectivity index (χ0) is 12.7. The summed E-state index contributed by atoms with van der Waals surface area (Å²) in [6, 6.07) is 0.0436. The van der Waals surface area contributed by atoms with E-state index in [1.54, 1.807) is 18.0 Å². The van der Waals surface area contributed by atoms with Gasteiger partial charge in [-0.25, -0.2) is 0 Å². The average molecular weight is 241 g/mol. The first-order valence-electron chi connectivity index (χ1n) is 5.57. The Hall–Kier alpha value is -1.47. The van der Waals surface area contributed by atoms with Crippen LogP contribution in [0.2, 0.25) is 0 Å². The van der Waals surface area contributed by atoms with E-state index in [9.17, 15) is 4.79 Å². The van der Waals surface area contributed by atoms with Crippen molar-refractivity contribution in [3.05, 3.63) is 11.9 Å². The van der Waals surface area contributed by atoms with Gasteiger partial charge in [0, 0.05) is 26.3 Å². The Kier molecular flexibility index (Phi) is 5.58. The maximum absolute atomic E-state index is 11.7. The average Bonchev–Trinajstić information content (AvgIpc) is 2.75. The van der Waals surface area contributed by atoms with Gasteiger partial charge in [0.15, 0.2) is 5.69 Å². The summed E-state index contributed by atoms with van der Waals surface area (Å²) in [5.41, 5.74) is 5.69. The molecule has 1 rings (SSSR count). The monoisotopic (exact) mass is 241 g/mol. The van der Waals surface area contributed by atoms with Gasteiger partial charge in [-0.2, -0.15) is 0 Å². The molecule has 0 aromatic carbocycles. The van der Waals surface area contributed by atoms with Gasteiger partial charge in [0.2, 0.25) is 0 Å². The summed E-state index contributed by atoms with van der Waals surface area (Å²) in [4.78, 5) is 11.7. The number of amides is 1. The third-order valence-corrected chi connectivity index (χ3v) is 2.26. The van der Waals surface area contributed by atoms with Crippen LogP contribution in [0.15, 0.2) is 6.20 Å². The lowest BCUT2D eigenvalue weighted by Crippen LogP contribution is -2.33. The number of rotatable bonds is 7. The number of nitrogens with zero attached hydrogens (tertiary/aromatic N) is 3. The Morgan fingerprint density at radius 3 is 3.12 bits per heavy atom. The third kappa shape index (κ3) is 4.49. The number of aromatic nitrogens is 3. The summed E-state index contributed by atoms with van der Waals surface area (Å²) >= 11 is 0. The van der Waals surface area contributed by atoms with Crippen LogP contribution in [0, 0.1) is 0 Å². The number of hydrogen-bond donors (Lipinski definition) is 2. The lowest BCUT2D eigenvalue weighted by atomic mass is 10.2. The van der Waals surface area contributed by atoms with Gasteiger partial charge in [-0.05, 0) is 13.3 Å². The molecule has 3 N–H and O–H groups in total. The molecule has 0 saturated carbocycles. The van der Waals surface area contributed by atoms with E-state index in [-0.39, 0.29) is 11.9 Å². The van der Waals surface area contributed by atoms with Gasteiger partial charge in [0.1, 0.15) is 0 Å². The lowest BCUT2D eigenvalue weighted by Gasteiger charge is -2.11. The van der Waals surface area contributed by atoms with Crippen molar-refractivity contribution in [2.45, 2.75) is 25.9 Å². The van der Waals surface area contributed by atoms with E-state index < -0.39 is 0 Å². The molecule has 0 bridgehead atoms. The van der Waals surface area contributed by atoms with Crippen molar-refractivity contribution < 1.29 is 9.53 Å². The van der Waals surface area contributed by atoms with Crippen molar-refractivity contribution >= 4 is 5.91 Å². The predicted octanol–water partition coefficient (Wildman–Crippen LogP) is -0.608. The van der Waals surface area contributed by atoms with E-state index in [4.69, 9.17) is 10.5 Å². The molecule has 1 atom stereocenters. The van der Waals surface area contributed by atoms with Crippen LogP contribution in [0.5, 0.6) is 0 Å². The summed E-state index contributed by atoms with van der Waals surface area (Å²) in [5.74, 6) is -0.225. The number of carbonyl (C=O) groups excluding carboxylic acids is 1. The Morgan fingerprint density at radius 2 is 2.47 bits per heavy atom. The summed E-state index contributed by atoms with van der Waals surface area (Å²) in [5, 5.41) is 10.4. The highest BCUT2D eigenvalue weighted by Crippen LogP contribution is 1.96. The minimum Gasteiger partial charge on any atom is -0.385 e. The molecular weight excluding hydrogens is 222 g/mol. The Balaban J connectivity index is 2.45. The summed E-state index contributed by atoms with van der Waals surface area (Å²) in [6.45, 7) is 3.55. The molecule has 0 aliphatic carbocycles. The van der Waals surface area contributed by atoms with E-state index in [1.807, 2.05) is 6.92 Å². The Bertz CT molecular complexity index is 352. The van der Waals surface area contributed by atoms with E-state index in [1.165, 1.54) is 0 Å². The van der Waals surface area contributed by atoms with Crippen LogP contribution in [0.4, 0.5) is 0 Å². The minimum atomic E-state index is -0.225. The molecule has 1 heterocycles. The van der Waals surface area contributed by atoms with Gasteiger partial charge in [-0.3, -0.25) is 9.48 Å². The van der Waals surface area contributed by atoms with Crippen LogP contribution in [0.3, 0.4) is 0 Å².